The van der Waals surface area contributed by atoms with Crippen LogP contribution in [0.25, 0.3) is 0 Å². The molecule has 1 amide bonds. The van der Waals surface area contributed by atoms with Gasteiger partial charge in [0.25, 0.3) is 5.91 Å². The third kappa shape index (κ3) is 3.36. The molecule has 1 unspecified atom stereocenters. The van der Waals surface area contributed by atoms with Gasteiger partial charge in [-0.3, -0.25) is 10.2 Å². The first-order valence-electron chi connectivity index (χ1n) is 6.40. The minimum atomic E-state index is -0.762. The minimum Gasteiger partial charge on any atom is -0.476 e. The number of ether oxygens (including phenoxy) is 1. The molecule has 0 spiro atoms. The summed E-state index contributed by atoms with van der Waals surface area (Å²) in [6.07, 6.45) is -0.762. The largest absolute Gasteiger partial charge is 0.476 e. The maximum Gasteiger partial charge on any atom is 0.279 e. The van der Waals surface area contributed by atoms with Crippen LogP contribution in [-0.2, 0) is 4.79 Å². The van der Waals surface area contributed by atoms with E-state index in [-0.39, 0.29) is 5.91 Å². The molecule has 0 heterocycles. The van der Waals surface area contributed by atoms with Gasteiger partial charge in [-0.25, -0.2) is 5.84 Å². The van der Waals surface area contributed by atoms with E-state index in [4.69, 9.17) is 10.6 Å². The Morgan fingerprint density at radius 3 is 2.25 bits per heavy atom. The lowest BCUT2D eigenvalue weighted by molar-refractivity contribution is -0.128. The second kappa shape index (κ2) is 6.21. The van der Waals surface area contributed by atoms with Crippen molar-refractivity contribution in [2.24, 2.45) is 5.84 Å². The van der Waals surface area contributed by atoms with Gasteiger partial charge in [-0.2, -0.15) is 0 Å². The molecular formula is C16H18N2O2. The molecule has 2 aromatic carbocycles. The fourth-order valence-electron chi connectivity index (χ4n) is 2.11. The van der Waals surface area contributed by atoms with E-state index < -0.39 is 6.10 Å². The number of carbonyl (C=O) groups excluding carboxylic acids is 1. The van der Waals surface area contributed by atoms with Crippen LogP contribution in [0, 0.1) is 13.8 Å². The van der Waals surface area contributed by atoms with Gasteiger partial charge in [-0.05, 0) is 37.1 Å². The van der Waals surface area contributed by atoms with Crippen molar-refractivity contribution in [2.45, 2.75) is 20.0 Å². The second-order valence-electron chi connectivity index (χ2n) is 4.74. The molecule has 20 heavy (non-hydrogen) atoms. The molecule has 2 aromatic rings. The second-order valence-corrected chi connectivity index (χ2v) is 4.74. The first kappa shape index (κ1) is 14.1. The van der Waals surface area contributed by atoms with Crippen LogP contribution >= 0.6 is 0 Å². The molecule has 3 N–H and O–H groups in total. The highest BCUT2D eigenvalue weighted by Gasteiger charge is 2.21. The first-order chi connectivity index (χ1) is 9.60. The van der Waals surface area contributed by atoms with E-state index in [1.807, 2.05) is 62.4 Å². The molecule has 104 valence electrons. The van der Waals surface area contributed by atoms with Gasteiger partial charge in [0.1, 0.15) is 5.75 Å². The Balaban J connectivity index is 2.31. The number of amides is 1. The number of nitrogens with two attached hydrogens (primary N) is 1. The van der Waals surface area contributed by atoms with Crippen LogP contribution in [0.5, 0.6) is 5.75 Å². The summed E-state index contributed by atoms with van der Waals surface area (Å²) >= 11 is 0. The van der Waals surface area contributed by atoms with Gasteiger partial charge in [0.05, 0.1) is 0 Å². The summed E-state index contributed by atoms with van der Waals surface area (Å²) in [5.41, 5.74) is 5.07. The van der Waals surface area contributed by atoms with E-state index in [1.165, 1.54) is 0 Å². The normalized spacial score (nSPS) is 11.8. The van der Waals surface area contributed by atoms with E-state index in [1.54, 1.807) is 0 Å². The van der Waals surface area contributed by atoms with Crippen LogP contribution in [-0.4, -0.2) is 5.91 Å². The zero-order chi connectivity index (χ0) is 14.5. The van der Waals surface area contributed by atoms with Gasteiger partial charge in [0.2, 0.25) is 6.10 Å². The van der Waals surface area contributed by atoms with E-state index in [2.05, 4.69) is 5.43 Å². The topological polar surface area (TPSA) is 64.3 Å². The smallest absolute Gasteiger partial charge is 0.279 e. The van der Waals surface area contributed by atoms with Crippen LogP contribution in [0.3, 0.4) is 0 Å². The SMILES string of the molecule is Cc1cc(C)cc(OC(C(=O)NN)c2ccccc2)c1. The van der Waals surface area contributed by atoms with Gasteiger partial charge >= 0.3 is 0 Å². The summed E-state index contributed by atoms with van der Waals surface area (Å²) < 4.78 is 5.82. The van der Waals surface area contributed by atoms with Crippen molar-refractivity contribution >= 4 is 5.91 Å². The third-order valence-electron chi connectivity index (χ3n) is 2.93. The molecule has 0 aliphatic rings. The van der Waals surface area contributed by atoms with Crippen molar-refractivity contribution in [1.82, 2.24) is 5.43 Å². The minimum absolute atomic E-state index is 0.379. The lowest BCUT2D eigenvalue weighted by Crippen LogP contribution is -2.37. The average molecular weight is 270 g/mol. The molecule has 4 nitrogen and oxygen atoms in total. The highest BCUT2D eigenvalue weighted by molar-refractivity contribution is 5.82. The Morgan fingerprint density at radius 1 is 1.10 bits per heavy atom. The Morgan fingerprint density at radius 2 is 1.70 bits per heavy atom. The lowest BCUT2D eigenvalue weighted by atomic mass is 10.1. The van der Waals surface area contributed by atoms with Gasteiger partial charge in [-0.15, -0.1) is 0 Å². The monoisotopic (exact) mass is 270 g/mol. The van der Waals surface area contributed by atoms with Crippen molar-refractivity contribution < 1.29 is 9.53 Å². The number of aryl methyl sites for hydroxylation is 2. The van der Waals surface area contributed by atoms with Crippen LogP contribution in [0.15, 0.2) is 48.5 Å². The summed E-state index contributed by atoms with van der Waals surface area (Å²) in [7, 11) is 0. The maximum absolute atomic E-state index is 11.9. The molecular weight excluding hydrogens is 252 g/mol. The maximum atomic E-state index is 11.9. The molecule has 0 fully saturated rings. The van der Waals surface area contributed by atoms with Gasteiger partial charge in [-0.1, -0.05) is 36.4 Å². The quantitative estimate of drug-likeness (QED) is 0.509. The highest BCUT2D eigenvalue weighted by atomic mass is 16.5. The predicted octanol–water partition coefficient (Wildman–Crippen LogP) is 2.41. The van der Waals surface area contributed by atoms with Crippen molar-refractivity contribution in [3.05, 3.63) is 65.2 Å². The van der Waals surface area contributed by atoms with Crippen molar-refractivity contribution in [3.63, 3.8) is 0 Å². The number of hydrazine groups is 1. The summed E-state index contributed by atoms with van der Waals surface area (Å²) in [6, 6.07) is 15.1. The molecule has 0 aromatic heterocycles. The number of hydrogen-bond donors (Lipinski definition) is 2. The highest BCUT2D eigenvalue weighted by Crippen LogP contribution is 2.24. The molecule has 2 rings (SSSR count). The summed E-state index contributed by atoms with van der Waals surface area (Å²) in [4.78, 5) is 11.9. The van der Waals surface area contributed by atoms with Crippen molar-refractivity contribution in [1.29, 1.82) is 0 Å². The van der Waals surface area contributed by atoms with Gasteiger partial charge < -0.3 is 4.74 Å². The van der Waals surface area contributed by atoms with Crippen molar-refractivity contribution in [3.8, 4) is 5.75 Å². The zero-order valence-electron chi connectivity index (χ0n) is 11.6. The van der Waals surface area contributed by atoms with Gasteiger partial charge in [0, 0.05) is 5.56 Å². The van der Waals surface area contributed by atoms with E-state index in [9.17, 15) is 4.79 Å². The van der Waals surface area contributed by atoms with Crippen LogP contribution in [0.2, 0.25) is 0 Å². The number of rotatable bonds is 4. The Bertz CT molecular complexity index is 576. The van der Waals surface area contributed by atoms with Crippen LogP contribution in [0.1, 0.15) is 22.8 Å². The summed E-state index contributed by atoms with van der Waals surface area (Å²) in [5.74, 6) is 5.52. The Kier molecular flexibility index (Phi) is 4.38. The molecule has 0 saturated carbocycles. The predicted molar refractivity (Wildman–Crippen MR) is 78.1 cm³/mol. The molecule has 0 aliphatic carbocycles. The van der Waals surface area contributed by atoms with Crippen molar-refractivity contribution in [2.75, 3.05) is 0 Å². The summed E-state index contributed by atoms with van der Waals surface area (Å²) in [6.45, 7) is 3.97. The fourth-order valence-corrected chi connectivity index (χ4v) is 2.11. The number of carbonyl (C=O) groups is 1. The number of benzene rings is 2. The molecule has 4 heteroatoms. The lowest BCUT2D eigenvalue weighted by Gasteiger charge is -2.18. The molecule has 1 atom stereocenters. The van der Waals surface area contributed by atoms with E-state index in [0.717, 1.165) is 16.7 Å². The molecule has 0 radical (unpaired) electrons. The van der Waals surface area contributed by atoms with Crippen LogP contribution < -0.4 is 16.0 Å². The molecule has 0 aliphatic heterocycles. The molecule has 0 saturated heterocycles. The zero-order valence-corrected chi connectivity index (χ0v) is 11.6. The van der Waals surface area contributed by atoms with Crippen LogP contribution in [0.4, 0.5) is 0 Å². The average Bonchev–Trinajstić information content (AvgIpc) is 2.44. The first-order valence-corrected chi connectivity index (χ1v) is 6.40. The fraction of sp³-hybridized carbons (Fsp3) is 0.188. The van der Waals surface area contributed by atoms with E-state index >= 15 is 0 Å². The Labute approximate surface area is 118 Å². The van der Waals surface area contributed by atoms with Gasteiger partial charge in [0.15, 0.2) is 0 Å². The number of nitrogens with one attached hydrogen (secondary N) is 1. The Hall–Kier alpha value is -2.33. The third-order valence-corrected chi connectivity index (χ3v) is 2.93. The number of hydrogen-bond acceptors (Lipinski definition) is 3. The summed E-state index contributed by atoms with van der Waals surface area (Å²) in [5, 5.41) is 0. The van der Waals surface area contributed by atoms with E-state index in [0.29, 0.717) is 5.75 Å². The standard InChI is InChI=1S/C16H18N2O2/c1-11-8-12(2)10-14(9-11)20-15(16(19)18-17)13-6-4-3-5-7-13/h3-10,15H,17H2,1-2H3,(H,18,19). The molecule has 0 bridgehead atoms.